The standard InChI is InChI=1S/C15H30N2/c1-11-6-4-5-7-14(11)10-17-9-8-15(16)12(2)13(17)3/h11-15H,4-10,16H2,1-3H3. The van der Waals surface area contributed by atoms with Gasteiger partial charge in [0.2, 0.25) is 0 Å². The molecule has 1 heterocycles. The molecule has 0 spiro atoms. The third-order valence-electron chi connectivity index (χ3n) is 5.52. The van der Waals surface area contributed by atoms with E-state index >= 15 is 0 Å². The maximum Gasteiger partial charge on any atom is 0.0107 e. The van der Waals surface area contributed by atoms with E-state index in [1.807, 2.05) is 0 Å². The zero-order valence-electron chi connectivity index (χ0n) is 11.9. The van der Waals surface area contributed by atoms with Crippen LogP contribution in [0.2, 0.25) is 0 Å². The number of piperidine rings is 1. The Morgan fingerprint density at radius 1 is 1.06 bits per heavy atom. The van der Waals surface area contributed by atoms with Crippen molar-refractivity contribution in [2.45, 2.75) is 65.0 Å². The first-order chi connectivity index (χ1) is 8.09. The van der Waals surface area contributed by atoms with Gasteiger partial charge in [-0.2, -0.15) is 0 Å². The third-order valence-corrected chi connectivity index (χ3v) is 5.52. The monoisotopic (exact) mass is 238 g/mol. The minimum Gasteiger partial charge on any atom is -0.327 e. The summed E-state index contributed by atoms with van der Waals surface area (Å²) >= 11 is 0. The molecule has 1 aliphatic carbocycles. The van der Waals surface area contributed by atoms with Crippen molar-refractivity contribution in [2.24, 2.45) is 23.5 Å². The molecule has 2 aliphatic rings. The maximum absolute atomic E-state index is 6.16. The van der Waals surface area contributed by atoms with Gasteiger partial charge >= 0.3 is 0 Å². The van der Waals surface area contributed by atoms with Gasteiger partial charge in [-0.15, -0.1) is 0 Å². The summed E-state index contributed by atoms with van der Waals surface area (Å²) in [4.78, 5) is 2.71. The summed E-state index contributed by atoms with van der Waals surface area (Å²) in [6, 6.07) is 1.10. The summed E-state index contributed by atoms with van der Waals surface area (Å²) in [5.41, 5.74) is 6.16. The van der Waals surface area contributed by atoms with E-state index in [1.165, 1.54) is 45.2 Å². The molecule has 1 saturated heterocycles. The number of hydrogen-bond donors (Lipinski definition) is 1. The van der Waals surface area contributed by atoms with Crippen LogP contribution in [0.4, 0.5) is 0 Å². The van der Waals surface area contributed by atoms with Crippen LogP contribution in [0.5, 0.6) is 0 Å². The van der Waals surface area contributed by atoms with E-state index in [9.17, 15) is 0 Å². The molecule has 1 saturated carbocycles. The van der Waals surface area contributed by atoms with Crippen LogP contribution in [-0.4, -0.2) is 30.1 Å². The van der Waals surface area contributed by atoms with Crippen LogP contribution in [0.1, 0.15) is 52.9 Å². The van der Waals surface area contributed by atoms with E-state index < -0.39 is 0 Å². The number of hydrogen-bond acceptors (Lipinski definition) is 2. The number of rotatable bonds is 2. The predicted molar refractivity (Wildman–Crippen MR) is 73.9 cm³/mol. The first kappa shape index (κ1) is 13.4. The molecule has 2 fully saturated rings. The summed E-state index contributed by atoms with van der Waals surface area (Å²) in [5.74, 6) is 2.53. The van der Waals surface area contributed by atoms with Gasteiger partial charge in [-0.3, -0.25) is 4.90 Å². The molecule has 2 rings (SSSR count). The molecular formula is C15H30N2. The molecule has 5 unspecified atom stereocenters. The second-order valence-electron chi connectivity index (χ2n) is 6.57. The lowest BCUT2D eigenvalue weighted by molar-refractivity contribution is 0.0618. The highest BCUT2D eigenvalue weighted by Crippen LogP contribution is 2.32. The summed E-state index contributed by atoms with van der Waals surface area (Å²) in [5, 5.41) is 0. The molecule has 2 N–H and O–H groups in total. The predicted octanol–water partition coefficient (Wildman–Crippen LogP) is 2.87. The molecule has 2 heteroatoms. The molecule has 0 aromatic rings. The van der Waals surface area contributed by atoms with Gasteiger partial charge in [-0.25, -0.2) is 0 Å². The van der Waals surface area contributed by atoms with Crippen molar-refractivity contribution < 1.29 is 0 Å². The van der Waals surface area contributed by atoms with Crippen molar-refractivity contribution in [1.82, 2.24) is 4.90 Å². The summed E-state index contributed by atoms with van der Waals surface area (Å²) in [7, 11) is 0. The average molecular weight is 238 g/mol. The smallest absolute Gasteiger partial charge is 0.0107 e. The zero-order valence-corrected chi connectivity index (χ0v) is 11.9. The average Bonchev–Trinajstić information content (AvgIpc) is 2.32. The largest absolute Gasteiger partial charge is 0.327 e. The topological polar surface area (TPSA) is 29.3 Å². The van der Waals surface area contributed by atoms with E-state index in [0.717, 1.165) is 11.8 Å². The third kappa shape index (κ3) is 3.03. The molecule has 0 amide bonds. The van der Waals surface area contributed by atoms with Gasteiger partial charge in [0.1, 0.15) is 0 Å². The van der Waals surface area contributed by atoms with Crippen LogP contribution < -0.4 is 5.73 Å². The Labute approximate surface area is 107 Å². The fourth-order valence-electron chi connectivity index (χ4n) is 3.69. The van der Waals surface area contributed by atoms with Crippen LogP contribution in [0, 0.1) is 17.8 Å². The molecule has 17 heavy (non-hydrogen) atoms. The Kier molecular flexibility index (Phi) is 4.48. The van der Waals surface area contributed by atoms with Gasteiger partial charge in [0.05, 0.1) is 0 Å². The summed E-state index contributed by atoms with van der Waals surface area (Å²) < 4.78 is 0. The van der Waals surface area contributed by atoms with Crippen LogP contribution >= 0.6 is 0 Å². The van der Waals surface area contributed by atoms with Gasteiger partial charge in [0, 0.05) is 18.6 Å². The van der Waals surface area contributed by atoms with E-state index in [4.69, 9.17) is 5.73 Å². The maximum atomic E-state index is 6.16. The molecule has 0 aromatic heterocycles. The Bertz CT molecular complexity index is 241. The van der Waals surface area contributed by atoms with Gasteiger partial charge in [-0.1, -0.05) is 33.1 Å². The lowest BCUT2D eigenvalue weighted by Gasteiger charge is -2.44. The highest BCUT2D eigenvalue weighted by Gasteiger charge is 2.32. The van der Waals surface area contributed by atoms with Crippen molar-refractivity contribution in [3.8, 4) is 0 Å². The highest BCUT2D eigenvalue weighted by atomic mass is 15.2. The zero-order chi connectivity index (χ0) is 12.4. The van der Waals surface area contributed by atoms with Gasteiger partial charge in [-0.05, 0) is 44.1 Å². The number of likely N-dealkylation sites (tertiary alicyclic amines) is 1. The molecule has 1 aliphatic heterocycles. The Balaban J connectivity index is 1.89. The van der Waals surface area contributed by atoms with Gasteiger partial charge < -0.3 is 5.73 Å². The van der Waals surface area contributed by atoms with Crippen molar-refractivity contribution in [2.75, 3.05) is 13.1 Å². The van der Waals surface area contributed by atoms with E-state index in [2.05, 4.69) is 25.7 Å². The first-order valence-electron chi connectivity index (χ1n) is 7.59. The molecule has 0 aromatic carbocycles. The van der Waals surface area contributed by atoms with Crippen LogP contribution in [0.15, 0.2) is 0 Å². The Morgan fingerprint density at radius 3 is 2.47 bits per heavy atom. The van der Waals surface area contributed by atoms with E-state index in [-0.39, 0.29) is 0 Å². The fourth-order valence-corrected chi connectivity index (χ4v) is 3.69. The lowest BCUT2D eigenvalue weighted by atomic mass is 9.79. The van der Waals surface area contributed by atoms with Gasteiger partial charge in [0.15, 0.2) is 0 Å². The van der Waals surface area contributed by atoms with Crippen molar-refractivity contribution >= 4 is 0 Å². The number of nitrogens with zero attached hydrogens (tertiary/aromatic N) is 1. The fraction of sp³-hybridized carbons (Fsp3) is 1.00. The highest BCUT2D eigenvalue weighted by molar-refractivity contribution is 4.88. The summed E-state index contributed by atoms with van der Waals surface area (Å²) in [6.07, 6.45) is 6.99. The second-order valence-corrected chi connectivity index (χ2v) is 6.57. The number of nitrogens with two attached hydrogens (primary N) is 1. The minimum absolute atomic E-state index is 0.421. The quantitative estimate of drug-likeness (QED) is 0.801. The molecule has 0 bridgehead atoms. The second kappa shape index (κ2) is 5.71. The first-order valence-corrected chi connectivity index (χ1v) is 7.59. The molecule has 2 nitrogen and oxygen atoms in total. The van der Waals surface area contributed by atoms with Crippen molar-refractivity contribution in [3.63, 3.8) is 0 Å². The van der Waals surface area contributed by atoms with Crippen molar-refractivity contribution in [3.05, 3.63) is 0 Å². The van der Waals surface area contributed by atoms with Crippen LogP contribution in [0.25, 0.3) is 0 Å². The Hall–Kier alpha value is -0.0800. The van der Waals surface area contributed by atoms with Crippen LogP contribution in [0.3, 0.4) is 0 Å². The molecule has 100 valence electrons. The van der Waals surface area contributed by atoms with Crippen LogP contribution in [-0.2, 0) is 0 Å². The van der Waals surface area contributed by atoms with E-state index in [0.29, 0.717) is 18.0 Å². The van der Waals surface area contributed by atoms with Gasteiger partial charge in [0.25, 0.3) is 0 Å². The summed E-state index contributed by atoms with van der Waals surface area (Å²) in [6.45, 7) is 9.69. The minimum atomic E-state index is 0.421. The Morgan fingerprint density at radius 2 is 1.76 bits per heavy atom. The van der Waals surface area contributed by atoms with E-state index in [1.54, 1.807) is 0 Å². The molecule has 5 atom stereocenters. The SMILES string of the molecule is CC1CCCCC1CN1CCC(N)C(C)C1C. The van der Waals surface area contributed by atoms with Crippen molar-refractivity contribution in [1.29, 1.82) is 0 Å². The lowest BCUT2D eigenvalue weighted by Crippen LogP contribution is -2.53. The molecular weight excluding hydrogens is 208 g/mol. The molecule has 0 radical (unpaired) electrons. The normalized spacial score (nSPS) is 44.8.